The fourth-order valence-corrected chi connectivity index (χ4v) is 2.82. The number of thiophene rings is 1. The molecule has 0 saturated carbocycles. The van der Waals surface area contributed by atoms with Crippen molar-refractivity contribution in [2.24, 2.45) is 5.73 Å². The molecule has 1 atom stereocenters. The lowest BCUT2D eigenvalue weighted by atomic mass is 10.2. The molecule has 0 saturated heterocycles. The molecule has 0 radical (unpaired) electrons. The Balaban J connectivity index is 2.51. The normalized spacial score (nSPS) is 13.1. The van der Waals surface area contributed by atoms with Crippen LogP contribution in [-0.4, -0.2) is 13.1 Å². The Morgan fingerprint density at radius 1 is 1.57 bits per heavy atom. The predicted octanol–water partition coefficient (Wildman–Crippen LogP) is 3.05. The molecule has 1 unspecified atom stereocenters. The van der Waals surface area contributed by atoms with Gasteiger partial charge in [0.15, 0.2) is 0 Å². The second-order valence-electron chi connectivity index (χ2n) is 3.10. The molecular weight excluding hydrogens is 239 g/mol. The van der Waals surface area contributed by atoms with Crippen molar-refractivity contribution < 1.29 is 0 Å². The standard InChI is InChI=1S/C9H14Cl2N2S/c1-6(13-4-2-3-12)7-5-8(10)14-9(7)11/h5-6,13H,2-4,12H2,1H3. The summed E-state index contributed by atoms with van der Waals surface area (Å²) in [6.07, 6.45) is 0.972. The minimum absolute atomic E-state index is 0.234. The molecule has 0 spiro atoms. The van der Waals surface area contributed by atoms with Gasteiger partial charge in [-0.3, -0.25) is 0 Å². The van der Waals surface area contributed by atoms with Crippen LogP contribution in [0.3, 0.4) is 0 Å². The van der Waals surface area contributed by atoms with Crippen LogP contribution in [0.5, 0.6) is 0 Å². The number of nitrogens with one attached hydrogen (secondary N) is 1. The zero-order valence-electron chi connectivity index (χ0n) is 8.02. The van der Waals surface area contributed by atoms with Crippen LogP contribution < -0.4 is 11.1 Å². The first kappa shape index (κ1) is 12.3. The van der Waals surface area contributed by atoms with Gasteiger partial charge in [-0.25, -0.2) is 0 Å². The second-order valence-corrected chi connectivity index (χ2v) is 5.38. The average Bonchev–Trinajstić information content (AvgIpc) is 2.45. The summed E-state index contributed by atoms with van der Waals surface area (Å²) < 4.78 is 1.50. The largest absolute Gasteiger partial charge is 0.330 e. The molecule has 0 bridgehead atoms. The molecule has 14 heavy (non-hydrogen) atoms. The maximum absolute atomic E-state index is 6.02. The molecule has 1 aromatic rings. The zero-order valence-corrected chi connectivity index (χ0v) is 10.3. The number of rotatable bonds is 5. The fraction of sp³-hybridized carbons (Fsp3) is 0.556. The zero-order chi connectivity index (χ0) is 10.6. The van der Waals surface area contributed by atoms with Gasteiger partial charge in [-0.15, -0.1) is 11.3 Å². The first-order chi connectivity index (χ1) is 6.65. The van der Waals surface area contributed by atoms with Crippen molar-refractivity contribution in [3.63, 3.8) is 0 Å². The van der Waals surface area contributed by atoms with E-state index in [1.165, 1.54) is 11.3 Å². The van der Waals surface area contributed by atoms with Crippen LogP contribution in [0.4, 0.5) is 0 Å². The highest BCUT2D eigenvalue weighted by Crippen LogP contribution is 2.34. The maximum atomic E-state index is 6.02. The summed E-state index contributed by atoms with van der Waals surface area (Å²) in [5.74, 6) is 0. The highest BCUT2D eigenvalue weighted by atomic mass is 35.5. The molecule has 2 nitrogen and oxygen atoms in total. The average molecular weight is 253 g/mol. The van der Waals surface area contributed by atoms with E-state index in [1.807, 2.05) is 6.07 Å². The van der Waals surface area contributed by atoms with Gasteiger partial charge in [0.1, 0.15) is 0 Å². The molecule has 1 heterocycles. The topological polar surface area (TPSA) is 38.0 Å². The van der Waals surface area contributed by atoms with E-state index in [1.54, 1.807) is 0 Å². The number of halogens is 2. The van der Waals surface area contributed by atoms with Gasteiger partial charge in [-0.05, 0) is 38.1 Å². The molecule has 3 N–H and O–H groups in total. The first-order valence-corrected chi connectivity index (χ1v) is 6.10. The van der Waals surface area contributed by atoms with Crippen molar-refractivity contribution in [1.29, 1.82) is 0 Å². The van der Waals surface area contributed by atoms with E-state index in [-0.39, 0.29) is 6.04 Å². The van der Waals surface area contributed by atoms with Crippen LogP contribution in [0.15, 0.2) is 6.07 Å². The summed E-state index contributed by atoms with van der Waals surface area (Å²) in [7, 11) is 0. The lowest BCUT2D eigenvalue weighted by Crippen LogP contribution is -2.21. The second kappa shape index (κ2) is 5.93. The van der Waals surface area contributed by atoms with Gasteiger partial charge in [0, 0.05) is 6.04 Å². The van der Waals surface area contributed by atoms with E-state index in [9.17, 15) is 0 Å². The van der Waals surface area contributed by atoms with E-state index < -0.39 is 0 Å². The van der Waals surface area contributed by atoms with Gasteiger partial charge in [-0.2, -0.15) is 0 Å². The molecule has 0 amide bonds. The van der Waals surface area contributed by atoms with E-state index >= 15 is 0 Å². The van der Waals surface area contributed by atoms with Crippen molar-refractivity contribution >= 4 is 34.5 Å². The first-order valence-electron chi connectivity index (χ1n) is 4.53. The van der Waals surface area contributed by atoms with Crippen molar-refractivity contribution in [1.82, 2.24) is 5.32 Å². The smallest absolute Gasteiger partial charge is 0.0991 e. The van der Waals surface area contributed by atoms with Gasteiger partial charge in [-0.1, -0.05) is 23.2 Å². The number of hydrogen-bond acceptors (Lipinski definition) is 3. The van der Waals surface area contributed by atoms with Crippen LogP contribution in [0.1, 0.15) is 24.9 Å². The Morgan fingerprint density at radius 3 is 2.79 bits per heavy atom. The summed E-state index contributed by atoms with van der Waals surface area (Å²) in [6.45, 7) is 3.68. The summed E-state index contributed by atoms with van der Waals surface area (Å²) in [4.78, 5) is 0. The minimum Gasteiger partial charge on any atom is -0.330 e. The Hall–Kier alpha value is 0.200. The third kappa shape index (κ3) is 3.41. The van der Waals surface area contributed by atoms with Gasteiger partial charge >= 0.3 is 0 Å². The Bertz CT molecular complexity index is 288. The SMILES string of the molecule is CC(NCCCN)c1cc(Cl)sc1Cl. The molecule has 1 aromatic heterocycles. The van der Waals surface area contributed by atoms with Crippen molar-refractivity contribution in [3.05, 3.63) is 20.3 Å². The Morgan fingerprint density at radius 2 is 2.29 bits per heavy atom. The molecule has 0 aliphatic heterocycles. The third-order valence-corrected chi connectivity index (χ3v) is 3.50. The van der Waals surface area contributed by atoms with E-state index in [0.717, 1.165) is 27.2 Å². The quantitative estimate of drug-likeness (QED) is 0.791. The van der Waals surface area contributed by atoms with E-state index in [2.05, 4.69) is 12.2 Å². The summed E-state index contributed by atoms with van der Waals surface area (Å²) >= 11 is 13.3. The van der Waals surface area contributed by atoms with Gasteiger partial charge in [0.2, 0.25) is 0 Å². The van der Waals surface area contributed by atoms with E-state index in [0.29, 0.717) is 6.54 Å². The lowest BCUT2D eigenvalue weighted by Gasteiger charge is -2.12. The molecule has 5 heteroatoms. The summed E-state index contributed by atoms with van der Waals surface area (Å²) in [5.41, 5.74) is 6.47. The molecule has 0 aromatic carbocycles. The van der Waals surface area contributed by atoms with Crippen LogP contribution in [0.25, 0.3) is 0 Å². The van der Waals surface area contributed by atoms with Gasteiger partial charge in [0.25, 0.3) is 0 Å². The Kier molecular flexibility index (Phi) is 5.20. The van der Waals surface area contributed by atoms with Crippen molar-refractivity contribution in [2.75, 3.05) is 13.1 Å². The summed E-state index contributed by atoms with van der Waals surface area (Å²) in [6, 6.07) is 2.15. The maximum Gasteiger partial charge on any atom is 0.0991 e. The van der Waals surface area contributed by atoms with Crippen LogP contribution in [0.2, 0.25) is 8.67 Å². The van der Waals surface area contributed by atoms with Crippen molar-refractivity contribution in [2.45, 2.75) is 19.4 Å². The fourth-order valence-electron chi connectivity index (χ4n) is 1.18. The molecular formula is C9H14Cl2N2S. The minimum atomic E-state index is 0.234. The molecule has 0 aliphatic carbocycles. The van der Waals surface area contributed by atoms with Crippen molar-refractivity contribution in [3.8, 4) is 0 Å². The van der Waals surface area contributed by atoms with Crippen LogP contribution in [-0.2, 0) is 0 Å². The lowest BCUT2D eigenvalue weighted by molar-refractivity contribution is 0.563. The van der Waals surface area contributed by atoms with Crippen LogP contribution >= 0.6 is 34.5 Å². The Labute approximate surface area is 98.4 Å². The summed E-state index contributed by atoms with van der Waals surface area (Å²) in [5, 5.41) is 3.34. The third-order valence-electron chi connectivity index (χ3n) is 1.98. The van der Waals surface area contributed by atoms with E-state index in [4.69, 9.17) is 28.9 Å². The van der Waals surface area contributed by atoms with Crippen LogP contribution in [0, 0.1) is 0 Å². The van der Waals surface area contributed by atoms with Gasteiger partial charge in [0.05, 0.1) is 8.67 Å². The highest BCUT2D eigenvalue weighted by Gasteiger charge is 2.12. The predicted molar refractivity (Wildman–Crippen MR) is 64.4 cm³/mol. The number of hydrogen-bond donors (Lipinski definition) is 2. The molecule has 1 rings (SSSR count). The monoisotopic (exact) mass is 252 g/mol. The molecule has 0 aliphatic rings. The van der Waals surface area contributed by atoms with Gasteiger partial charge < -0.3 is 11.1 Å². The molecule has 80 valence electrons. The number of nitrogens with two attached hydrogens (primary N) is 1. The highest BCUT2D eigenvalue weighted by molar-refractivity contribution is 7.20. The molecule has 0 fully saturated rings.